The minimum Gasteiger partial charge on any atom is -0.550 e. The Bertz CT molecular complexity index is 387. The average Bonchev–Trinajstić information content (AvgIpc) is 2.65. The van der Waals surface area contributed by atoms with Gasteiger partial charge in [0.05, 0.1) is 55.4 Å². The number of carboxylic acids is 2. The van der Waals surface area contributed by atoms with Gasteiger partial charge in [0.1, 0.15) is 0 Å². The third-order valence-electron chi connectivity index (χ3n) is 4.90. The van der Waals surface area contributed by atoms with Crippen molar-refractivity contribution < 1.29 is 28.8 Å². The maximum absolute atomic E-state index is 9.50. The Labute approximate surface area is 200 Å². The lowest BCUT2D eigenvalue weighted by atomic mass is 10.1. The van der Waals surface area contributed by atoms with Crippen LogP contribution in [-0.2, 0) is 9.59 Å². The molecule has 0 amide bonds. The lowest BCUT2D eigenvalue weighted by molar-refractivity contribution is -0.870. The number of nitrogens with zero attached hydrogens (tertiary/aromatic N) is 2. The smallest absolute Gasteiger partial charge is 0.0780 e. The summed E-state index contributed by atoms with van der Waals surface area (Å²) in [6.45, 7) is 7.19. The van der Waals surface area contributed by atoms with E-state index < -0.39 is 24.8 Å². The number of hydrogen-bond donors (Lipinski definition) is 0. The maximum atomic E-state index is 9.50. The van der Waals surface area contributed by atoms with Gasteiger partial charge in [-0.05, 0) is 38.5 Å². The van der Waals surface area contributed by atoms with E-state index in [2.05, 4.69) is 56.1 Å². The van der Waals surface area contributed by atoms with Crippen LogP contribution in [0.4, 0.5) is 0 Å². The van der Waals surface area contributed by atoms with Gasteiger partial charge in [-0.25, -0.2) is 0 Å². The van der Waals surface area contributed by atoms with Gasteiger partial charge in [-0.15, -0.1) is 0 Å². The number of quaternary nitrogens is 2. The van der Waals surface area contributed by atoms with E-state index in [1.165, 1.54) is 90.1 Å². The maximum Gasteiger partial charge on any atom is 0.0780 e. The first-order valence-electron chi connectivity index (χ1n) is 12.8. The third kappa shape index (κ3) is 46.9. The van der Waals surface area contributed by atoms with E-state index in [0.29, 0.717) is 0 Å². The Morgan fingerprint density at radius 2 is 0.750 bits per heavy atom. The van der Waals surface area contributed by atoms with Gasteiger partial charge in [0.2, 0.25) is 0 Å². The van der Waals surface area contributed by atoms with E-state index in [0.717, 1.165) is 8.97 Å². The van der Waals surface area contributed by atoms with Gasteiger partial charge in [0.15, 0.2) is 0 Å². The summed E-state index contributed by atoms with van der Waals surface area (Å²) in [5.74, 6) is -2.73. The fourth-order valence-corrected chi connectivity index (χ4v) is 2.94. The second-order valence-corrected chi connectivity index (χ2v) is 10.8. The quantitative estimate of drug-likeness (QED) is 0.246. The van der Waals surface area contributed by atoms with E-state index in [9.17, 15) is 19.8 Å². The van der Waals surface area contributed by atoms with Crippen LogP contribution in [0.15, 0.2) is 0 Å². The molecule has 6 heteroatoms. The molecule has 0 aromatic carbocycles. The summed E-state index contributed by atoms with van der Waals surface area (Å²) in [7, 11) is 13.6. The summed E-state index contributed by atoms with van der Waals surface area (Å²) in [5, 5.41) is 19.0. The predicted octanol–water partition coefficient (Wildman–Crippen LogP) is 3.37. The van der Waals surface area contributed by atoms with Crippen molar-refractivity contribution in [2.45, 2.75) is 104 Å². The Hall–Kier alpha value is -1.14. The number of unbranched alkanes of at least 4 members (excludes halogenated alkanes) is 10. The van der Waals surface area contributed by atoms with Gasteiger partial charge in [0.25, 0.3) is 0 Å². The molecule has 194 valence electrons. The highest BCUT2D eigenvalue weighted by Gasteiger charge is 2.05. The summed E-state index contributed by atoms with van der Waals surface area (Å²) in [6, 6.07) is 0. The van der Waals surface area contributed by atoms with Gasteiger partial charge >= 0.3 is 0 Å². The van der Waals surface area contributed by atoms with Gasteiger partial charge in [0, 0.05) is 11.9 Å². The number of carbonyl (C=O) groups is 2. The Kier molecular flexibility index (Phi) is 25.5. The minimum atomic E-state index is -1.37. The van der Waals surface area contributed by atoms with E-state index in [1.807, 2.05) is 0 Å². The Balaban J connectivity index is -0.000000404. The fraction of sp³-hybridized carbons (Fsp3) is 0.923. The molecular formula is C26H56N2O4. The van der Waals surface area contributed by atoms with E-state index in [1.54, 1.807) is 0 Å². The molecular weight excluding hydrogens is 404 g/mol. The number of rotatable bonds is 17. The molecule has 0 saturated heterocycles. The normalized spacial score (nSPS) is 11.1. The molecule has 0 unspecified atom stereocenters. The van der Waals surface area contributed by atoms with Crippen LogP contribution in [0.3, 0.4) is 0 Å². The van der Waals surface area contributed by atoms with E-state index >= 15 is 0 Å². The molecule has 0 bridgehead atoms. The number of carboxylic acid groups (broad SMARTS) is 2. The molecule has 0 saturated carbocycles. The summed E-state index contributed by atoms with van der Waals surface area (Å²) in [6.07, 6.45) is 16.0. The Morgan fingerprint density at radius 3 is 0.969 bits per heavy atom. The molecule has 32 heavy (non-hydrogen) atoms. The van der Waals surface area contributed by atoms with Crippen molar-refractivity contribution in [2.24, 2.45) is 0 Å². The molecule has 0 aromatic heterocycles. The molecule has 6 nitrogen and oxygen atoms in total. The van der Waals surface area contributed by atoms with Crippen LogP contribution in [-0.4, -0.2) is 76.3 Å². The van der Waals surface area contributed by atoms with Gasteiger partial charge in [-0.3, -0.25) is 0 Å². The SMILES string of the molecule is CCCCCCCC[N+](C)(C)C.CCCCCCCC[N+](C)(C)C.O=C([O-])CCC(=O)[O-]. The predicted molar refractivity (Wildman–Crippen MR) is 132 cm³/mol. The number of carbonyl (C=O) groups excluding carboxylic acids is 2. The second-order valence-electron chi connectivity index (χ2n) is 10.8. The van der Waals surface area contributed by atoms with E-state index in [-0.39, 0.29) is 0 Å². The average molecular weight is 461 g/mol. The van der Waals surface area contributed by atoms with Crippen molar-refractivity contribution in [2.75, 3.05) is 55.4 Å². The van der Waals surface area contributed by atoms with E-state index in [4.69, 9.17) is 0 Å². The molecule has 0 aromatic rings. The van der Waals surface area contributed by atoms with Gasteiger partial charge in [-0.1, -0.05) is 65.2 Å². The zero-order valence-corrected chi connectivity index (χ0v) is 22.8. The van der Waals surface area contributed by atoms with Crippen molar-refractivity contribution in [3.63, 3.8) is 0 Å². The van der Waals surface area contributed by atoms with Crippen LogP contribution in [0.25, 0.3) is 0 Å². The lowest BCUT2D eigenvalue weighted by Gasteiger charge is -2.23. The van der Waals surface area contributed by atoms with Crippen LogP contribution in [0, 0.1) is 0 Å². The van der Waals surface area contributed by atoms with Crippen molar-refractivity contribution in [3.8, 4) is 0 Å². The highest BCUT2D eigenvalue weighted by molar-refractivity contribution is 5.72. The summed E-state index contributed by atoms with van der Waals surface area (Å²) in [5.41, 5.74) is 0. The van der Waals surface area contributed by atoms with Crippen LogP contribution >= 0.6 is 0 Å². The van der Waals surface area contributed by atoms with Crippen molar-refractivity contribution in [1.29, 1.82) is 0 Å². The topological polar surface area (TPSA) is 80.3 Å². The molecule has 0 spiro atoms. The zero-order chi connectivity index (χ0) is 25.5. The number of hydrogen-bond acceptors (Lipinski definition) is 4. The van der Waals surface area contributed by atoms with Crippen LogP contribution in [0.1, 0.15) is 104 Å². The fourth-order valence-electron chi connectivity index (χ4n) is 2.94. The highest BCUT2D eigenvalue weighted by Crippen LogP contribution is 2.07. The van der Waals surface area contributed by atoms with Crippen LogP contribution < -0.4 is 10.2 Å². The molecule has 0 aliphatic heterocycles. The van der Waals surface area contributed by atoms with Crippen LogP contribution in [0.2, 0.25) is 0 Å². The van der Waals surface area contributed by atoms with Gasteiger partial charge < -0.3 is 28.8 Å². The molecule has 0 aliphatic rings. The largest absolute Gasteiger partial charge is 0.550 e. The molecule has 0 aliphatic carbocycles. The minimum absolute atomic E-state index is 0.470. The highest BCUT2D eigenvalue weighted by atomic mass is 16.4. The van der Waals surface area contributed by atoms with Crippen molar-refractivity contribution in [3.05, 3.63) is 0 Å². The first kappa shape index (κ1) is 35.4. The number of aliphatic carboxylic acids is 2. The molecule has 0 rings (SSSR count). The first-order chi connectivity index (χ1) is 14.7. The molecule has 0 atom stereocenters. The summed E-state index contributed by atoms with van der Waals surface area (Å²) < 4.78 is 2.24. The molecule has 0 fully saturated rings. The second kappa shape index (κ2) is 23.0. The monoisotopic (exact) mass is 460 g/mol. The summed E-state index contributed by atoms with van der Waals surface area (Å²) >= 11 is 0. The standard InChI is InChI=1S/2C11H26N.C4H6O4/c2*1-5-6-7-8-9-10-11-12(2,3)4;5-3(6)1-2-4(7)8/h2*5-11H2,1-4H3;1-2H2,(H,5,6)(H,7,8)/q2*+1;/p-2. The molecule has 0 N–H and O–H groups in total. The van der Waals surface area contributed by atoms with Crippen molar-refractivity contribution >= 4 is 11.9 Å². The molecule has 0 radical (unpaired) electrons. The Morgan fingerprint density at radius 1 is 0.500 bits per heavy atom. The molecule has 0 heterocycles. The zero-order valence-electron chi connectivity index (χ0n) is 22.8. The summed E-state index contributed by atoms with van der Waals surface area (Å²) in [4.78, 5) is 19.0. The van der Waals surface area contributed by atoms with Crippen molar-refractivity contribution in [1.82, 2.24) is 0 Å². The van der Waals surface area contributed by atoms with Crippen LogP contribution in [0.5, 0.6) is 0 Å². The first-order valence-corrected chi connectivity index (χ1v) is 12.8. The lowest BCUT2D eigenvalue weighted by Crippen LogP contribution is -2.35. The third-order valence-corrected chi connectivity index (χ3v) is 4.90. The van der Waals surface area contributed by atoms with Gasteiger partial charge in [-0.2, -0.15) is 0 Å².